The van der Waals surface area contributed by atoms with Crippen molar-refractivity contribution in [3.8, 4) is 0 Å². The summed E-state index contributed by atoms with van der Waals surface area (Å²) in [4.78, 5) is 0.298. The first-order valence-corrected chi connectivity index (χ1v) is 6.27. The summed E-state index contributed by atoms with van der Waals surface area (Å²) < 4.78 is 26.1. The van der Waals surface area contributed by atoms with E-state index in [9.17, 15) is 8.42 Å². The maximum Gasteiger partial charge on any atom is 0.242 e. The molecule has 0 aromatic heterocycles. The molecule has 0 fully saturated rings. The van der Waals surface area contributed by atoms with Gasteiger partial charge in [0.05, 0.1) is 5.69 Å². The predicted octanol–water partition coefficient (Wildman–Crippen LogP) is 1.33. The van der Waals surface area contributed by atoms with Crippen LogP contribution >= 0.6 is 0 Å². The van der Waals surface area contributed by atoms with Gasteiger partial charge in [-0.15, -0.1) is 0 Å². The van der Waals surface area contributed by atoms with Gasteiger partial charge in [-0.3, -0.25) is 0 Å². The van der Waals surface area contributed by atoms with Gasteiger partial charge in [0.2, 0.25) is 10.0 Å². The van der Waals surface area contributed by atoms with Crippen LogP contribution in [0.3, 0.4) is 0 Å². The monoisotopic (exact) mass is 228 g/mol. The number of rotatable bonds is 4. The second-order valence-corrected chi connectivity index (χ2v) is 4.99. The summed E-state index contributed by atoms with van der Waals surface area (Å²) in [5.41, 5.74) is 1.53. The van der Waals surface area contributed by atoms with Crippen LogP contribution < -0.4 is 10.0 Å². The highest BCUT2D eigenvalue weighted by atomic mass is 32.2. The Bertz CT molecular complexity index is 441. The van der Waals surface area contributed by atoms with Crippen LogP contribution in [0.2, 0.25) is 0 Å². The lowest BCUT2D eigenvalue weighted by atomic mass is 10.2. The van der Waals surface area contributed by atoms with Crippen molar-refractivity contribution in [2.75, 3.05) is 18.9 Å². The number of nitrogens with one attached hydrogen (secondary N) is 2. The number of hydrogen-bond acceptors (Lipinski definition) is 3. The lowest BCUT2D eigenvalue weighted by Crippen LogP contribution is -2.24. The van der Waals surface area contributed by atoms with Crippen molar-refractivity contribution in [2.45, 2.75) is 18.7 Å². The van der Waals surface area contributed by atoms with Crippen molar-refractivity contribution < 1.29 is 8.42 Å². The van der Waals surface area contributed by atoms with E-state index in [2.05, 4.69) is 10.0 Å². The number of hydrogen-bond donors (Lipinski definition) is 2. The molecule has 1 aromatic carbocycles. The minimum atomic E-state index is -3.39. The van der Waals surface area contributed by atoms with Gasteiger partial charge in [-0.1, -0.05) is 13.0 Å². The fourth-order valence-corrected chi connectivity index (χ4v) is 2.66. The summed E-state index contributed by atoms with van der Waals surface area (Å²) in [6.45, 7) is 4.01. The number of anilines is 1. The number of benzene rings is 1. The van der Waals surface area contributed by atoms with E-state index in [1.54, 1.807) is 26.1 Å². The Morgan fingerprint density at radius 2 is 2.00 bits per heavy atom. The molecule has 0 heterocycles. The van der Waals surface area contributed by atoms with Gasteiger partial charge in [0, 0.05) is 13.6 Å². The van der Waals surface area contributed by atoms with E-state index in [0.717, 1.165) is 5.56 Å². The fraction of sp³-hybridized carbons (Fsp3) is 0.400. The fourth-order valence-electron chi connectivity index (χ4n) is 1.33. The molecule has 0 aliphatic heterocycles. The third-order valence-corrected chi connectivity index (χ3v) is 3.62. The van der Waals surface area contributed by atoms with Gasteiger partial charge in [-0.2, -0.15) is 0 Å². The van der Waals surface area contributed by atoms with Crippen LogP contribution in [0.4, 0.5) is 5.69 Å². The maximum atomic E-state index is 11.8. The molecule has 0 saturated carbocycles. The Labute approximate surface area is 90.8 Å². The topological polar surface area (TPSA) is 58.2 Å². The highest BCUT2D eigenvalue weighted by Crippen LogP contribution is 2.21. The first kappa shape index (κ1) is 12.0. The minimum Gasteiger partial charge on any atom is -0.387 e. The van der Waals surface area contributed by atoms with Crippen LogP contribution in [-0.4, -0.2) is 22.0 Å². The zero-order valence-corrected chi connectivity index (χ0v) is 9.98. The third-order valence-electron chi connectivity index (χ3n) is 2.03. The molecule has 0 amide bonds. The van der Waals surface area contributed by atoms with E-state index in [-0.39, 0.29) is 0 Å². The van der Waals surface area contributed by atoms with Gasteiger partial charge in [0.15, 0.2) is 0 Å². The average molecular weight is 228 g/mol. The van der Waals surface area contributed by atoms with E-state index in [0.29, 0.717) is 17.1 Å². The van der Waals surface area contributed by atoms with Crippen molar-refractivity contribution >= 4 is 15.7 Å². The minimum absolute atomic E-state index is 0.298. The van der Waals surface area contributed by atoms with Crippen LogP contribution in [0.15, 0.2) is 23.1 Å². The van der Waals surface area contributed by atoms with Crippen LogP contribution in [0.25, 0.3) is 0 Å². The van der Waals surface area contributed by atoms with Gasteiger partial charge in [-0.25, -0.2) is 13.1 Å². The van der Waals surface area contributed by atoms with Crippen LogP contribution in [-0.2, 0) is 10.0 Å². The molecule has 2 N–H and O–H groups in total. The van der Waals surface area contributed by atoms with Gasteiger partial charge >= 0.3 is 0 Å². The van der Waals surface area contributed by atoms with Gasteiger partial charge in [0.1, 0.15) is 4.90 Å². The normalized spacial score (nSPS) is 11.4. The summed E-state index contributed by atoms with van der Waals surface area (Å²) in [5, 5.41) is 2.87. The number of aryl methyl sites for hydroxylation is 1. The molecule has 0 aliphatic carbocycles. The van der Waals surface area contributed by atoms with Crippen molar-refractivity contribution in [3.05, 3.63) is 23.8 Å². The highest BCUT2D eigenvalue weighted by molar-refractivity contribution is 7.89. The first-order valence-electron chi connectivity index (χ1n) is 4.79. The first-order chi connectivity index (χ1) is 7.01. The highest BCUT2D eigenvalue weighted by Gasteiger charge is 2.16. The molecule has 0 saturated heterocycles. The van der Waals surface area contributed by atoms with Gasteiger partial charge in [0.25, 0.3) is 0 Å². The largest absolute Gasteiger partial charge is 0.387 e. The molecule has 15 heavy (non-hydrogen) atoms. The Hall–Kier alpha value is -1.07. The quantitative estimate of drug-likeness (QED) is 0.817. The van der Waals surface area contributed by atoms with Gasteiger partial charge in [-0.05, 0) is 24.6 Å². The lowest BCUT2D eigenvalue weighted by molar-refractivity contribution is 0.584. The van der Waals surface area contributed by atoms with Crippen molar-refractivity contribution in [1.29, 1.82) is 0 Å². The molecule has 0 spiro atoms. The zero-order chi connectivity index (χ0) is 11.5. The van der Waals surface area contributed by atoms with Crippen LogP contribution in [0, 0.1) is 6.92 Å². The van der Waals surface area contributed by atoms with Crippen LogP contribution in [0.1, 0.15) is 12.5 Å². The average Bonchev–Trinajstić information content (AvgIpc) is 2.17. The second kappa shape index (κ2) is 4.63. The molecule has 0 unspecified atom stereocenters. The van der Waals surface area contributed by atoms with E-state index >= 15 is 0 Å². The molecule has 0 aliphatic rings. The molecular formula is C10H16N2O2S. The summed E-state index contributed by atoms with van der Waals surface area (Å²) in [6.07, 6.45) is 0. The van der Waals surface area contributed by atoms with E-state index in [1.165, 1.54) is 0 Å². The standard InChI is InChI=1S/C10H16N2O2S/c1-4-12-15(13,14)10-7-8(2)5-6-9(10)11-3/h5-7,11-12H,4H2,1-3H3. The molecule has 5 heteroatoms. The van der Waals surface area contributed by atoms with Crippen molar-refractivity contribution in [2.24, 2.45) is 0 Å². The molecule has 1 rings (SSSR count). The van der Waals surface area contributed by atoms with Crippen molar-refractivity contribution in [3.63, 3.8) is 0 Å². The molecule has 4 nitrogen and oxygen atoms in total. The molecular weight excluding hydrogens is 212 g/mol. The molecule has 0 radical (unpaired) electrons. The smallest absolute Gasteiger partial charge is 0.242 e. The van der Waals surface area contributed by atoms with Crippen LogP contribution in [0.5, 0.6) is 0 Å². The Balaban J connectivity index is 3.28. The summed E-state index contributed by atoms with van der Waals surface area (Å²) in [7, 11) is -1.68. The summed E-state index contributed by atoms with van der Waals surface area (Å²) >= 11 is 0. The van der Waals surface area contributed by atoms with Crippen molar-refractivity contribution in [1.82, 2.24) is 4.72 Å². The van der Waals surface area contributed by atoms with E-state index in [1.807, 2.05) is 13.0 Å². The molecule has 0 atom stereocenters. The van der Waals surface area contributed by atoms with E-state index < -0.39 is 10.0 Å². The summed E-state index contributed by atoms with van der Waals surface area (Å²) in [5.74, 6) is 0. The SMILES string of the molecule is CCNS(=O)(=O)c1cc(C)ccc1NC. The molecule has 1 aromatic rings. The molecule has 84 valence electrons. The van der Waals surface area contributed by atoms with E-state index in [4.69, 9.17) is 0 Å². The Morgan fingerprint density at radius 1 is 1.33 bits per heavy atom. The van der Waals surface area contributed by atoms with Gasteiger partial charge < -0.3 is 5.32 Å². The maximum absolute atomic E-state index is 11.8. The Morgan fingerprint density at radius 3 is 2.53 bits per heavy atom. The summed E-state index contributed by atoms with van der Waals surface area (Å²) in [6, 6.07) is 5.29. The zero-order valence-electron chi connectivity index (χ0n) is 9.16. The lowest BCUT2D eigenvalue weighted by Gasteiger charge is -2.10. The Kier molecular flexibility index (Phi) is 3.71. The second-order valence-electron chi connectivity index (χ2n) is 3.25. The third kappa shape index (κ3) is 2.70. The molecule has 0 bridgehead atoms. The predicted molar refractivity (Wildman–Crippen MR) is 61.6 cm³/mol. The number of sulfonamides is 1.